The molecule has 1 aromatic carbocycles. The Bertz CT molecular complexity index is 573. The fourth-order valence-electron chi connectivity index (χ4n) is 3.18. The molecule has 1 aliphatic carbocycles. The third-order valence-electron chi connectivity index (χ3n) is 4.04. The van der Waals surface area contributed by atoms with Crippen molar-refractivity contribution in [3.63, 3.8) is 0 Å². The molecule has 0 unspecified atom stereocenters. The van der Waals surface area contributed by atoms with E-state index < -0.39 is 17.2 Å². The number of carbonyl (C=O) groups excluding carboxylic acids is 1. The summed E-state index contributed by atoms with van der Waals surface area (Å²) in [5.41, 5.74) is -0.292. The number of ether oxygens (including phenoxy) is 1. The molecule has 3 nitrogen and oxygen atoms in total. The second-order valence-corrected chi connectivity index (χ2v) is 5.06. The average molecular weight is 265 g/mol. The van der Waals surface area contributed by atoms with Crippen molar-refractivity contribution in [2.24, 2.45) is 4.99 Å². The summed E-state index contributed by atoms with van der Waals surface area (Å²) < 4.78 is 33.3. The van der Waals surface area contributed by atoms with E-state index in [1.54, 1.807) is 6.08 Å². The van der Waals surface area contributed by atoms with Gasteiger partial charge in [0.2, 0.25) is 6.08 Å². The molecular formula is C14H13F2NO2. The molecule has 2 aliphatic rings. The van der Waals surface area contributed by atoms with Crippen LogP contribution in [0.25, 0.3) is 0 Å². The minimum atomic E-state index is -0.923. The van der Waals surface area contributed by atoms with Crippen LogP contribution in [0.1, 0.15) is 36.8 Å². The first-order valence-corrected chi connectivity index (χ1v) is 6.41. The summed E-state index contributed by atoms with van der Waals surface area (Å²) >= 11 is 0. The number of rotatable bonds is 2. The SMILES string of the molecule is O=C=NC1(c2c(F)cc(F)c3c2OCC3)CCCC1. The highest BCUT2D eigenvalue weighted by Crippen LogP contribution is 2.49. The van der Waals surface area contributed by atoms with Gasteiger partial charge < -0.3 is 4.74 Å². The zero-order chi connectivity index (χ0) is 13.5. The molecule has 19 heavy (non-hydrogen) atoms. The third-order valence-corrected chi connectivity index (χ3v) is 4.04. The van der Waals surface area contributed by atoms with Crippen LogP contribution in [0.3, 0.4) is 0 Å². The fourth-order valence-corrected chi connectivity index (χ4v) is 3.18. The highest BCUT2D eigenvalue weighted by molar-refractivity contribution is 5.51. The van der Waals surface area contributed by atoms with Crippen LogP contribution in [-0.4, -0.2) is 12.7 Å². The van der Waals surface area contributed by atoms with Gasteiger partial charge in [0.1, 0.15) is 22.9 Å². The van der Waals surface area contributed by atoms with Gasteiger partial charge in [-0.2, -0.15) is 4.99 Å². The Morgan fingerprint density at radius 2 is 2.00 bits per heavy atom. The highest BCUT2D eigenvalue weighted by Gasteiger charge is 2.42. The summed E-state index contributed by atoms with van der Waals surface area (Å²) in [5.74, 6) is -1.02. The number of isocyanates is 1. The number of fused-ring (bicyclic) bond motifs is 1. The van der Waals surface area contributed by atoms with Gasteiger partial charge in [-0.25, -0.2) is 13.6 Å². The lowest BCUT2D eigenvalue weighted by atomic mass is 9.86. The summed E-state index contributed by atoms with van der Waals surface area (Å²) in [6, 6.07) is 0.878. The van der Waals surface area contributed by atoms with Gasteiger partial charge in [-0.3, -0.25) is 0 Å². The topological polar surface area (TPSA) is 38.7 Å². The molecule has 5 heteroatoms. The molecule has 1 aromatic rings. The Hall–Kier alpha value is -1.74. The lowest BCUT2D eigenvalue weighted by Crippen LogP contribution is -2.22. The Kier molecular flexibility index (Phi) is 2.86. The standard InChI is InChI=1S/C14H13F2NO2/c15-10-7-11(16)12(13-9(10)3-6-19-13)14(17-8-18)4-1-2-5-14/h7H,1-6H2. The highest BCUT2D eigenvalue weighted by atomic mass is 19.1. The zero-order valence-corrected chi connectivity index (χ0v) is 10.3. The van der Waals surface area contributed by atoms with Crippen molar-refractivity contribution in [1.29, 1.82) is 0 Å². The first-order chi connectivity index (χ1) is 9.18. The Morgan fingerprint density at radius 1 is 1.26 bits per heavy atom. The molecule has 1 aliphatic heterocycles. The molecule has 0 atom stereocenters. The molecule has 1 fully saturated rings. The number of nitrogens with zero attached hydrogens (tertiary/aromatic N) is 1. The van der Waals surface area contributed by atoms with Crippen molar-refractivity contribution in [3.05, 3.63) is 28.8 Å². The van der Waals surface area contributed by atoms with Crippen molar-refractivity contribution in [2.45, 2.75) is 37.6 Å². The van der Waals surface area contributed by atoms with Crippen LogP contribution >= 0.6 is 0 Å². The molecular weight excluding hydrogens is 252 g/mol. The van der Waals surface area contributed by atoms with Gasteiger partial charge in [0, 0.05) is 18.1 Å². The molecule has 3 rings (SSSR count). The number of benzene rings is 1. The predicted octanol–water partition coefficient (Wildman–Crippen LogP) is 3.00. The van der Waals surface area contributed by atoms with E-state index in [0.29, 0.717) is 31.4 Å². The molecule has 0 N–H and O–H groups in total. The minimum Gasteiger partial charge on any atom is -0.492 e. The van der Waals surface area contributed by atoms with Crippen LogP contribution in [0.5, 0.6) is 5.75 Å². The van der Waals surface area contributed by atoms with E-state index >= 15 is 0 Å². The number of halogens is 2. The largest absolute Gasteiger partial charge is 0.492 e. The van der Waals surface area contributed by atoms with E-state index in [-0.39, 0.29) is 11.3 Å². The van der Waals surface area contributed by atoms with Crippen molar-refractivity contribution in [1.82, 2.24) is 0 Å². The van der Waals surface area contributed by atoms with Gasteiger partial charge in [0.05, 0.1) is 12.2 Å². The molecule has 0 bridgehead atoms. The molecule has 100 valence electrons. The van der Waals surface area contributed by atoms with Crippen LogP contribution in [-0.2, 0) is 16.8 Å². The van der Waals surface area contributed by atoms with E-state index in [1.807, 2.05) is 0 Å². The van der Waals surface area contributed by atoms with Crippen LogP contribution in [0.2, 0.25) is 0 Å². The van der Waals surface area contributed by atoms with E-state index in [0.717, 1.165) is 18.9 Å². The molecule has 0 amide bonds. The summed E-state index contributed by atoms with van der Waals surface area (Å²) in [6.45, 7) is 0.337. The fraction of sp³-hybridized carbons (Fsp3) is 0.500. The predicted molar refractivity (Wildman–Crippen MR) is 63.8 cm³/mol. The first-order valence-electron chi connectivity index (χ1n) is 6.41. The molecule has 1 saturated carbocycles. The molecule has 0 saturated heterocycles. The van der Waals surface area contributed by atoms with Crippen LogP contribution in [0, 0.1) is 11.6 Å². The van der Waals surface area contributed by atoms with Crippen LogP contribution in [0.15, 0.2) is 11.1 Å². The zero-order valence-electron chi connectivity index (χ0n) is 10.3. The molecule has 0 spiro atoms. The molecule has 1 heterocycles. The lowest BCUT2D eigenvalue weighted by Gasteiger charge is -2.25. The molecule has 0 aromatic heterocycles. The summed E-state index contributed by atoms with van der Waals surface area (Å²) in [7, 11) is 0. The third kappa shape index (κ3) is 1.77. The van der Waals surface area contributed by atoms with E-state index in [9.17, 15) is 13.6 Å². The van der Waals surface area contributed by atoms with Crippen LogP contribution in [0.4, 0.5) is 8.78 Å². The Balaban J connectivity index is 2.25. The van der Waals surface area contributed by atoms with Gasteiger partial charge in [-0.05, 0) is 12.8 Å². The summed E-state index contributed by atoms with van der Waals surface area (Å²) in [4.78, 5) is 14.5. The van der Waals surface area contributed by atoms with Crippen LogP contribution < -0.4 is 4.74 Å². The summed E-state index contributed by atoms with van der Waals surface area (Å²) in [6.07, 6.45) is 4.82. The second kappa shape index (κ2) is 4.42. The minimum absolute atomic E-state index is 0.238. The number of hydrogen-bond acceptors (Lipinski definition) is 3. The number of hydrogen-bond donors (Lipinski definition) is 0. The van der Waals surface area contributed by atoms with Gasteiger partial charge in [0.15, 0.2) is 0 Å². The van der Waals surface area contributed by atoms with Gasteiger partial charge >= 0.3 is 0 Å². The smallest absolute Gasteiger partial charge is 0.235 e. The van der Waals surface area contributed by atoms with Crippen molar-refractivity contribution >= 4 is 6.08 Å². The second-order valence-electron chi connectivity index (χ2n) is 5.06. The van der Waals surface area contributed by atoms with E-state index in [4.69, 9.17) is 4.74 Å². The normalized spacial score (nSPS) is 19.7. The first kappa shape index (κ1) is 12.3. The number of aliphatic imine (C=N–C) groups is 1. The quantitative estimate of drug-likeness (QED) is 0.609. The van der Waals surface area contributed by atoms with E-state index in [1.165, 1.54) is 0 Å². The molecule has 0 radical (unpaired) electrons. The monoisotopic (exact) mass is 265 g/mol. The van der Waals surface area contributed by atoms with Crippen molar-refractivity contribution < 1.29 is 18.3 Å². The maximum atomic E-state index is 14.2. The maximum Gasteiger partial charge on any atom is 0.235 e. The Morgan fingerprint density at radius 3 is 2.68 bits per heavy atom. The lowest BCUT2D eigenvalue weighted by molar-refractivity contribution is 0.332. The van der Waals surface area contributed by atoms with Gasteiger partial charge in [-0.15, -0.1) is 0 Å². The van der Waals surface area contributed by atoms with Crippen molar-refractivity contribution in [2.75, 3.05) is 6.61 Å². The Labute approximate surface area is 109 Å². The van der Waals surface area contributed by atoms with Gasteiger partial charge in [0.25, 0.3) is 0 Å². The average Bonchev–Trinajstić information content (AvgIpc) is 2.99. The summed E-state index contributed by atoms with van der Waals surface area (Å²) in [5, 5.41) is 0. The van der Waals surface area contributed by atoms with Crippen molar-refractivity contribution in [3.8, 4) is 5.75 Å². The maximum absolute atomic E-state index is 14.2. The van der Waals surface area contributed by atoms with Gasteiger partial charge in [-0.1, -0.05) is 12.8 Å². The van der Waals surface area contributed by atoms with E-state index in [2.05, 4.69) is 4.99 Å².